The summed E-state index contributed by atoms with van der Waals surface area (Å²) in [6.07, 6.45) is 1.84. The van der Waals surface area contributed by atoms with Crippen molar-refractivity contribution < 1.29 is 19.1 Å². The molecule has 1 aromatic carbocycles. The Labute approximate surface area is 152 Å². The predicted molar refractivity (Wildman–Crippen MR) is 96.2 cm³/mol. The van der Waals surface area contributed by atoms with Crippen LogP contribution in [0.1, 0.15) is 38.3 Å². The number of amides is 3. The molecule has 1 aliphatic carbocycles. The van der Waals surface area contributed by atoms with Crippen molar-refractivity contribution in [1.29, 1.82) is 0 Å². The minimum Gasteiger partial charge on any atom is -0.463 e. The number of carbonyl (C=O) groups is 3. The molecule has 2 N–H and O–H groups in total. The summed E-state index contributed by atoms with van der Waals surface area (Å²) in [7, 11) is 1.60. The van der Waals surface area contributed by atoms with Crippen LogP contribution in [0.15, 0.2) is 35.5 Å². The van der Waals surface area contributed by atoms with E-state index in [-0.39, 0.29) is 24.5 Å². The SMILES string of the molecule is CCOC(=O)C1=C(C)N(C)C(=O)N[C@H]1c1cccc(NC(=O)C2CC2)c1. The Morgan fingerprint density at radius 2 is 2.08 bits per heavy atom. The van der Waals surface area contributed by atoms with E-state index in [1.54, 1.807) is 39.1 Å². The number of carbonyl (C=O) groups excluding carboxylic acids is 3. The van der Waals surface area contributed by atoms with Crippen molar-refractivity contribution in [2.75, 3.05) is 19.0 Å². The average Bonchev–Trinajstić information content (AvgIpc) is 3.45. The van der Waals surface area contributed by atoms with Crippen molar-refractivity contribution in [1.82, 2.24) is 10.2 Å². The highest BCUT2D eigenvalue weighted by Crippen LogP contribution is 2.33. The van der Waals surface area contributed by atoms with Crippen molar-refractivity contribution >= 4 is 23.6 Å². The Morgan fingerprint density at radius 1 is 1.35 bits per heavy atom. The summed E-state index contributed by atoms with van der Waals surface area (Å²) < 4.78 is 5.18. The number of hydrogen-bond donors (Lipinski definition) is 2. The minimum atomic E-state index is -0.629. The van der Waals surface area contributed by atoms with Crippen molar-refractivity contribution in [3.05, 3.63) is 41.1 Å². The molecule has 7 heteroatoms. The number of esters is 1. The highest BCUT2D eigenvalue weighted by molar-refractivity contribution is 5.96. The van der Waals surface area contributed by atoms with Crippen LogP contribution >= 0.6 is 0 Å². The van der Waals surface area contributed by atoms with E-state index < -0.39 is 12.0 Å². The molecule has 0 radical (unpaired) electrons. The number of nitrogens with one attached hydrogen (secondary N) is 2. The lowest BCUT2D eigenvalue weighted by Crippen LogP contribution is -2.46. The first kappa shape index (κ1) is 18.0. The largest absolute Gasteiger partial charge is 0.463 e. The number of anilines is 1. The molecule has 1 heterocycles. The second kappa shape index (κ2) is 7.19. The van der Waals surface area contributed by atoms with Gasteiger partial charge in [0.1, 0.15) is 0 Å². The van der Waals surface area contributed by atoms with Crippen molar-refractivity contribution in [3.8, 4) is 0 Å². The first-order valence-electron chi connectivity index (χ1n) is 8.75. The van der Waals surface area contributed by atoms with E-state index in [1.807, 2.05) is 6.07 Å². The first-order valence-corrected chi connectivity index (χ1v) is 8.75. The highest BCUT2D eigenvalue weighted by Gasteiger charge is 2.35. The molecule has 1 saturated carbocycles. The molecule has 2 aliphatic rings. The third kappa shape index (κ3) is 3.56. The van der Waals surface area contributed by atoms with E-state index in [0.29, 0.717) is 22.5 Å². The second-order valence-electron chi connectivity index (χ2n) is 6.55. The molecule has 3 rings (SSSR count). The standard InChI is InChI=1S/C19H23N3O4/c1-4-26-18(24)15-11(2)22(3)19(25)21-16(15)13-6-5-7-14(10-13)20-17(23)12-8-9-12/h5-7,10,12,16H,4,8-9H2,1-3H3,(H,20,23)(H,21,25)/t16-/m0/s1. The van der Waals surface area contributed by atoms with Crippen LogP contribution in [-0.4, -0.2) is 36.5 Å². The third-order valence-electron chi connectivity index (χ3n) is 4.69. The number of allylic oxidation sites excluding steroid dienone is 1. The van der Waals surface area contributed by atoms with Gasteiger partial charge in [-0.15, -0.1) is 0 Å². The quantitative estimate of drug-likeness (QED) is 0.793. The van der Waals surface area contributed by atoms with Crippen LogP contribution in [0.3, 0.4) is 0 Å². The molecule has 0 aromatic heterocycles. The van der Waals surface area contributed by atoms with Crippen molar-refractivity contribution in [2.45, 2.75) is 32.7 Å². The maximum atomic E-state index is 12.5. The fraction of sp³-hybridized carbons (Fsp3) is 0.421. The van der Waals surface area contributed by atoms with Crippen LogP contribution in [0.2, 0.25) is 0 Å². The maximum Gasteiger partial charge on any atom is 0.338 e. The number of hydrogen-bond acceptors (Lipinski definition) is 4. The fourth-order valence-electron chi connectivity index (χ4n) is 2.94. The molecule has 1 aromatic rings. The van der Waals surface area contributed by atoms with Gasteiger partial charge in [0.15, 0.2) is 0 Å². The van der Waals surface area contributed by atoms with Crippen LogP contribution < -0.4 is 10.6 Å². The Balaban J connectivity index is 1.93. The lowest BCUT2D eigenvalue weighted by atomic mass is 9.94. The first-order chi connectivity index (χ1) is 12.4. The average molecular weight is 357 g/mol. The highest BCUT2D eigenvalue weighted by atomic mass is 16.5. The van der Waals surface area contributed by atoms with Crippen LogP contribution in [-0.2, 0) is 14.3 Å². The van der Waals surface area contributed by atoms with Gasteiger partial charge in [0.25, 0.3) is 0 Å². The van der Waals surface area contributed by atoms with Gasteiger partial charge in [-0.05, 0) is 44.4 Å². The van der Waals surface area contributed by atoms with E-state index in [9.17, 15) is 14.4 Å². The maximum absolute atomic E-state index is 12.5. The minimum absolute atomic E-state index is 0.00639. The zero-order valence-electron chi connectivity index (χ0n) is 15.2. The Kier molecular flexibility index (Phi) is 4.97. The van der Waals surface area contributed by atoms with E-state index in [4.69, 9.17) is 4.74 Å². The molecule has 7 nitrogen and oxygen atoms in total. The molecule has 3 amide bonds. The Morgan fingerprint density at radius 3 is 2.73 bits per heavy atom. The second-order valence-corrected chi connectivity index (χ2v) is 6.55. The predicted octanol–water partition coefficient (Wildman–Crippen LogP) is 2.57. The van der Waals surface area contributed by atoms with E-state index >= 15 is 0 Å². The Bertz CT molecular complexity index is 783. The molecule has 1 aliphatic heterocycles. The molecule has 0 unspecified atom stereocenters. The molecular weight excluding hydrogens is 334 g/mol. The number of benzene rings is 1. The van der Waals surface area contributed by atoms with Gasteiger partial charge in [-0.3, -0.25) is 4.79 Å². The van der Waals surface area contributed by atoms with Gasteiger partial charge in [-0.1, -0.05) is 12.1 Å². The zero-order valence-corrected chi connectivity index (χ0v) is 15.2. The summed E-state index contributed by atoms with van der Waals surface area (Å²) in [5.74, 6) is -0.361. The lowest BCUT2D eigenvalue weighted by Gasteiger charge is -2.33. The van der Waals surface area contributed by atoms with Crippen LogP contribution in [0, 0.1) is 5.92 Å². The zero-order chi connectivity index (χ0) is 18.8. The van der Waals surface area contributed by atoms with E-state index in [1.165, 1.54) is 4.90 Å². The number of ether oxygens (including phenoxy) is 1. The molecule has 1 atom stereocenters. The van der Waals surface area contributed by atoms with Gasteiger partial charge in [-0.2, -0.15) is 0 Å². The van der Waals surface area contributed by atoms with Crippen molar-refractivity contribution in [3.63, 3.8) is 0 Å². The molecule has 0 spiro atoms. The smallest absolute Gasteiger partial charge is 0.338 e. The normalized spacial score (nSPS) is 19.9. The Hall–Kier alpha value is -2.83. The van der Waals surface area contributed by atoms with Gasteiger partial charge in [-0.25, -0.2) is 9.59 Å². The summed E-state index contributed by atoms with van der Waals surface area (Å²) in [6.45, 7) is 3.70. The summed E-state index contributed by atoms with van der Waals surface area (Å²) in [5, 5.41) is 5.72. The van der Waals surface area contributed by atoms with Gasteiger partial charge in [0.05, 0.1) is 18.2 Å². The topological polar surface area (TPSA) is 87.7 Å². The summed E-state index contributed by atoms with van der Waals surface area (Å²) >= 11 is 0. The summed E-state index contributed by atoms with van der Waals surface area (Å²) in [6, 6.07) is 6.25. The van der Waals surface area contributed by atoms with Gasteiger partial charge in [0.2, 0.25) is 5.91 Å². The van der Waals surface area contributed by atoms with Gasteiger partial charge < -0.3 is 20.3 Å². The molecule has 0 bridgehead atoms. The molecule has 0 saturated heterocycles. The fourth-order valence-corrected chi connectivity index (χ4v) is 2.94. The third-order valence-corrected chi connectivity index (χ3v) is 4.69. The van der Waals surface area contributed by atoms with Crippen LogP contribution in [0.5, 0.6) is 0 Å². The van der Waals surface area contributed by atoms with Crippen LogP contribution in [0.4, 0.5) is 10.5 Å². The number of rotatable bonds is 5. The molecular formula is C19H23N3O4. The molecule has 26 heavy (non-hydrogen) atoms. The van der Waals surface area contributed by atoms with Gasteiger partial charge in [0, 0.05) is 24.4 Å². The number of nitrogens with zero attached hydrogens (tertiary/aromatic N) is 1. The molecule has 1 fully saturated rings. The van der Waals surface area contributed by atoms with E-state index in [2.05, 4.69) is 10.6 Å². The monoisotopic (exact) mass is 357 g/mol. The van der Waals surface area contributed by atoms with Crippen molar-refractivity contribution in [2.24, 2.45) is 5.92 Å². The number of urea groups is 1. The molecule has 138 valence electrons. The van der Waals surface area contributed by atoms with Gasteiger partial charge >= 0.3 is 12.0 Å². The van der Waals surface area contributed by atoms with E-state index in [0.717, 1.165) is 12.8 Å². The summed E-state index contributed by atoms with van der Waals surface area (Å²) in [4.78, 5) is 38.1. The lowest BCUT2D eigenvalue weighted by molar-refractivity contribution is -0.139. The summed E-state index contributed by atoms with van der Waals surface area (Å²) in [5.41, 5.74) is 2.29. The van der Waals surface area contributed by atoms with Crippen LogP contribution in [0.25, 0.3) is 0 Å².